The molecule has 5 rings (SSSR count). The second kappa shape index (κ2) is 11.7. The van der Waals surface area contributed by atoms with Crippen LogP contribution in [0.3, 0.4) is 0 Å². The molecule has 0 saturated heterocycles. The van der Waals surface area contributed by atoms with Gasteiger partial charge in [0.05, 0.1) is 31.6 Å². The number of aryl methyl sites for hydroxylation is 1. The maximum atomic E-state index is 7.94. The van der Waals surface area contributed by atoms with Crippen molar-refractivity contribution in [3.8, 4) is 33.6 Å². The summed E-state index contributed by atoms with van der Waals surface area (Å²) in [6.45, 7) is 0.566. The van der Waals surface area contributed by atoms with E-state index in [2.05, 4.69) is 47.9 Å². The fraction of sp³-hybridized carbons (Fsp3) is 0.385. The summed E-state index contributed by atoms with van der Waals surface area (Å²) in [5.74, 6) is 0.721. The van der Waals surface area contributed by atoms with Crippen LogP contribution in [0.4, 0.5) is 0 Å². The zero-order valence-corrected chi connectivity index (χ0v) is 19.8. The molecule has 0 atom stereocenters. The lowest BCUT2D eigenvalue weighted by molar-refractivity contribution is 0.135. The minimum Gasteiger partial charge on any atom is -0.394 e. The van der Waals surface area contributed by atoms with E-state index >= 15 is 0 Å². The lowest BCUT2D eigenvalue weighted by atomic mass is 9.96. The highest BCUT2D eigenvalue weighted by Crippen LogP contribution is 2.29. The Morgan fingerprint density at radius 3 is 2.24 bits per heavy atom. The van der Waals surface area contributed by atoms with E-state index in [1.54, 1.807) is 11.8 Å². The molecule has 34 heavy (non-hydrogen) atoms. The SMILES string of the molecule is COCCO.Cn1cc(-c2cccc(-c3ncc(-c4cnn(C5CCCCC5)c4)cn3)c2)cn1. The number of aromatic nitrogens is 6. The molecular weight excluding hydrogens is 428 g/mol. The lowest BCUT2D eigenvalue weighted by Crippen LogP contribution is -2.12. The molecular formula is C26H32N6O2. The summed E-state index contributed by atoms with van der Waals surface area (Å²) in [7, 11) is 3.47. The highest BCUT2D eigenvalue weighted by Gasteiger charge is 2.16. The smallest absolute Gasteiger partial charge is 0.159 e. The van der Waals surface area contributed by atoms with Crippen LogP contribution in [0.5, 0.6) is 0 Å². The molecule has 0 unspecified atom stereocenters. The summed E-state index contributed by atoms with van der Waals surface area (Å²) in [5.41, 5.74) is 5.26. The van der Waals surface area contributed by atoms with E-state index in [1.807, 2.05) is 50.2 Å². The molecule has 0 bridgehead atoms. The van der Waals surface area contributed by atoms with E-state index in [4.69, 9.17) is 5.11 Å². The van der Waals surface area contributed by atoms with Crippen LogP contribution in [0.25, 0.3) is 33.6 Å². The average Bonchev–Trinajstić information content (AvgIpc) is 3.56. The Hall–Kier alpha value is -3.36. The first-order valence-corrected chi connectivity index (χ1v) is 11.7. The lowest BCUT2D eigenvalue weighted by Gasteiger charge is -2.21. The van der Waals surface area contributed by atoms with Gasteiger partial charge in [0.2, 0.25) is 0 Å². The highest BCUT2D eigenvalue weighted by atomic mass is 16.5. The van der Waals surface area contributed by atoms with Crippen LogP contribution < -0.4 is 0 Å². The Labute approximate surface area is 200 Å². The van der Waals surface area contributed by atoms with Gasteiger partial charge in [0.15, 0.2) is 5.82 Å². The van der Waals surface area contributed by atoms with Crippen molar-refractivity contribution in [3.63, 3.8) is 0 Å². The summed E-state index contributed by atoms with van der Waals surface area (Å²) < 4.78 is 8.37. The van der Waals surface area contributed by atoms with E-state index < -0.39 is 0 Å². The summed E-state index contributed by atoms with van der Waals surface area (Å²) in [4.78, 5) is 9.24. The molecule has 1 aliphatic rings. The van der Waals surface area contributed by atoms with E-state index in [0.717, 1.165) is 33.6 Å². The van der Waals surface area contributed by atoms with E-state index in [1.165, 1.54) is 32.1 Å². The Morgan fingerprint density at radius 1 is 0.882 bits per heavy atom. The molecule has 0 amide bonds. The van der Waals surface area contributed by atoms with Crippen molar-refractivity contribution in [3.05, 3.63) is 61.4 Å². The highest BCUT2D eigenvalue weighted by molar-refractivity contribution is 5.70. The van der Waals surface area contributed by atoms with E-state index in [-0.39, 0.29) is 6.61 Å². The van der Waals surface area contributed by atoms with Gasteiger partial charge in [-0.25, -0.2) is 9.97 Å². The first kappa shape index (κ1) is 23.8. The zero-order chi connectivity index (χ0) is 23.8. The number of ether oxygens (including phenoxy) is 1. The third kappa shape index (κ3) is 5.95. The number of methoxy groups -OCH3 is 1. The molecule has 0 aliphatic heterocycles. The molecule has 3 aromatic heterocycles. The Morgan fingerprint density at radius 2 is 1.59 bits per heavy atom. The Bertz CT molecular complexity index is 1160. The van der Waals surface area contributed by atoms with Gasteiger partial charge >= 0.3 is 0 Å². The van der Waals surface area contributed by atoms with Crippen LogP contribution in [0.15, 0.2) is 61.4 Å². The van der Waals surface area contributed by atoms with Crippen molar-refractivity contribution in [2.24, 2.45) is 7.05 Å². The Kier molecular flexibility index (Phi) is 8.17. The third-order valence-electron chi connectivity index (χ3n) is 5.99. The normalized spacial score (nSPS) is 14.0. The van der Waals surface area contributed by atoms with Gasteiger partial charge in [-0.15, -0.1) is 0 Å². The second-order valence-corrected chi connectivity index (χ2v) is 8.50. The molecule has 0 radical (unpaired) electrons. The molecule has 1 aromatic carbocycles. The molecule has 1 fully saturated rings. The topological polar surface area (TPSA) is 90.9 Å². The number of rotatable bonds is 6. The number of aliphatic hydroxyl groups excluding tert-OH is 1. The van der Waals surface area contributed by atoms with Gasteiger partial charge in [0, 0.05) is 61.2 Å². The molecule has 4 aromatic rings. The molecule has 0 spiro atoms. The second-order valence-electron chi connectivity index (χ2n) is 8.50. The number of hydrogen-bond acceptors (Lipinski definition) is 6. The monoisotopic (exact) mass is 460 g/mol. The van der Waals surface area contributed by atoms with Crippen molar-refractivity contribution in [2.75, 3.05) is 20.3 Å². The van der Waals surface area contributed by atoms with Crippen molar-refractivity contribution in [1.29, 1.82) is 0 Å². The van der Waals surface area contributed by atoms with Crippen LogP contribution >= 0.6 is 0 Å². The zero-order valence-electron chi connectivity index (χ0n) is 19.8. The predicted octanol–water partition coefficient (Wildman–Crippen LogP) is 4.54. The van der Waals surface area contributed by atoms with Crippen molar-refractivity contribution < 1.29 is 9.84 Å². The van der Waals surface area contributed by atoms with Gasteiger partial charge in [0.1, 0.15) is 0 Å². The number of nitrogens with zero attached hydrogens (tertiary/aromatic N) is 6. The minimum atomic E-state index is 0.122. The van der Waals surface area contributed by atoms with Crippen molar-refractivity contribution in [1.82, 2.24) is 29.5 Å². The standard InChI is InChI=1S/C23H24N6.C3H8O2/c1-28-15-20(13-26-28)17-6-5-7-18(10-17)23-24-11-19(12-25-23)21-14-27-29(16-21)22-8-3-2-4-9-22;1-5-3-2-4/h5-7,10-16,22H,2-4,8-9H2,1H3;4H,2-3H2,1H3. The van der Waals surface area contributed by atoms with Gasteiger partial charge in [-0.2, -0.15) is 10.2 Å². The summed E-state index contributed by atoms with van der Waals surface area (Å²) in [6, 6.07) is 8.79. The van der Waals surface area contributed by atoms with Crippen LogP contribution in [0.1, 0.15) is 38.1 Å². The fourth-order valence-corrected chi connectivity index (χ4v) is 4.16. The van der Waals surface area contributed by atoms with Gasteiger partial charge < -0.3 is 9.84 Å². The van der Waals surface area contributed by atoms with Crippen LogP contribution in [-0.2, 0) is 11.8 Å². The first-order chi connectivity index (χ1) is 16.7. The summed E-state index contributed by atoms with van der Waals surface area (Å²) in [5, 5.41) is 16.8. The first-order valence-electron chi connectivity index (χ1n) is 11.7. The molecule has 1 N–H and O–H groups in total. The predicted molar refractivity (Wildman–Crippen MR) is 132 cm³/mol. The van der Waals surface area contributed by atoms with Crippen LogP contribution in [0, 0.1) is 0 Å². The number of hydrogen-bond donors (Lipinski definition) is 1. The van der Waals surface area contributed by atoms with Gasteiger partial charge in [0.25, 0.3) is 0 Å². The Balaban J connectivity index is 0.000000499. The average molecular weight is 461 g/mol. The van der Waals surface area contributed by atoms with Crippen molar-refractivity contribution in [2.45, 2.75) is 38.1 Å². The van der Waals surface area contributed by atoms with Gasteiger partial charge in [-0.3, -0.25) is 9.36 Å². The van der Waals surface area contributed by atoms with E-state index in [0.29, 0.717) is 12.6 Å². The summed E-state index contributed by atoms with van der Waals surface area (Å²) in [6.07, 6.45) is 18.1. The molecule has 1 saturated carbocycles. The van der Waals surface area contributed by atoms with E-state index in [9.17, 15) is 0 Å². The number of benzene rings is 1. The quantitative estimate of drug-likeness (QED) is 0.454. The molecule has 8 heteroatoms. The fourth-order valence-electron chi connectivity index (χ4n) is 4.16. The molecule has 8 nitrogen and oxygen atoms in total. The third-order valence-corrected chi connectivity index (χ3v) is 5.99. The van der Waals surface area contributed by atoms with Gasteiger partial charge in [-0.05, 0) is 24.5 Å². The minimum absolute atomic E-state index is 0.122. The maximum Gasteiger partial charge on any atom is 0.159 e. The molecule has 178 valence electrons. The van der Waals surface area contributed by atoms with Crippen LogP contribution in [-0.4, -0.2) is 55.0 Å². The maximum absolute atomic E-state index is 7.94. The van der Waals surface area contributed by atoms with Crippen LogP contribution in [0.2, 0.25) is 0 Å². The molecule has 1 aliphatic carbocycles. The largest absolute Gasteiger partial charge is 0.394 e. The molecule has 3 heterocycles. The van der Waals surface area contributed by atoms with Gasteiger partial charge in [-0.1, -0.05) is 37.5 Å². The van der Waals surface area contributed by atoms with Crippen molar-refractivity contribution >= 4 is 0 Å². The number of aliphatic hydroxyl groups is 1. The summed E-state index contributed by atoms with van der Waals surface area (Å²) >= 11 is 0.